The van der Waals surface area contributed by atoms with Crippen LogP contribution < -0.4 is 0 Å². The van der Waals surface area contributed by atoms with Crippen LogP contribution in [0.5, 0.6) is 0 Å². The van der Waals surface area contributed by atoms with Crippen LogP contribution in [0, 0.1) is 0 Å². The van der Waals surface area contributed by atoms with Gasteiger partial charge in [-0.2, -0.15) is 0 Å². The Labute approximate surface area is 81.5 Å². The largest absolute Gasteiger partial charge is 0.335 e. The molecule has 2 heterocycles. The van der Waals surface area contributed by atoms with Crippen molar-refractivity contribution in [3.8, 4) is 0 Å². The molecule has 13 heavy (non-hydrogen) atoms. The fraction of sp³-hybridized carbons (Fsp3) is 0.300. The van der Waals surface area contributed by atoms with Crippen LogP contribution in [0.25, 0.3) is 0 Å². The van der Waals surface area contributed by atoms with E-state index in [9.17, 15) is 4.79 Å². The molecule has 0 unspecified atom stereocenters. The van der Waals surface area contributed by atoms with Crippen LogP contribution >= 0.6 is 11.3 Å². The Hall–Kier alpha value is -1.09. The molecule has 1 aliphatic rings. The molecule has 2 rings (SSSR count). The first kappa shape index (κ1) is 8.51. The second-order valence-corrected chi connectivity index (χ2v) is 4.05. The van der Waals surface area contributed by atoms with E-state index in [1.54, 1.807) is 17.4 Å². The highest BCUT2D eigenvalue weighted by molar-refractivity contribution is 7.09. The first-order chi connectivity index (χ1) is 6.36. The fourth-order valence-corrected chi connectivity index (χ4v) is 2.08. The highest BCUT2D eigenvalue weighted by Crippen LogP contribution is 2.11. The number of nitrogens with zero attached hydrogens (tertiary/aromatic N) is 1. The Morgan fingerprint density at radius 1 is 1.54 bits per heavy atom. The lowest BCUT2D eigenvalue weighted by atomic mass is 10.3. The number of carbonyl (C=O) groups excluding carboxylic acids is 1. The van der Waals surface area contributed by atoms with Gasteiger partial charge in [-0.1, -0.05) is 12.1 Å². The van der Waals surface area contributed by atoms with E-state index in [4.69, 9.17) is 0 Å². The van der Waals surface area contributed by atoms with Crippen molar-refractivity contribution in [3.05, 3.63) is 34.5 Å². The van der Waals surface area contributed by atoms with E-state index in [1.165, 1.54) is 4.88 Å². The molecule has 0 aromatic carbocycles. The van der Waals surface area contributed by atoms with Crippen molar-refractivity contribution < 1.29 is 4.79 Å². The van der Waals surface area contributed by atoms with Crippen LogP contribution in [0.4, 0.5) is 0 Å². The summed E-state index contributed by atoms with van der Waals surface area (Å²) < 4.78 is 0. The highest BCUT2D eigenvalue weighted by Gasteiger charge is 2.13. The normalized spacial score (nSPS) is 15.7. The van der Waals surface area contributed by atoms with Gasteiger partial charge in [0.1, 0.15) is 0 Å². The number of rotatable bonds is 3. The van der Waals surface area contributed by atoms with Crippen molar-refractivity contribution in [1.29, 1.82) is 0 Å². The van der Waals surface area contributed by atoms with Gasteiger partial charge in [0.25, 0.3) is 0 Å². The average molecular weight is 193 g/mol. The van der Waals surface area contributed by atoms with Gasteiger partial charge in [0.05, 0.1) is 0 Å². The van der Waals surface area contributed by atoms with Crippen LogP contribution in [0.3, 0.4) is 0 Å². The van der Waals surface area contributed by atoms with Crippen molar-refractivity contribution in [3.63, 3.8) is 0 Å². The van der Waals surface area contributed by atoms with Crippen LogP contribution in [-0.4, -0.2) is 23.9 Å². The third-order valence-electron chi connectivity index (χ3n) is 2.11. The van der Waals surface area contributed by atoms with E-state index in [0.717, 1.165) is 19.5 Å². The van der Waals surface area contributed by atoms with Gasteiger partial charge in [0.15, 0.2) is 0 Å². The minimum atomic E-state index is 0.150. The van der Waals surface area contributed by atoms with Gasteiger partial charge in [0.2, 0.25) is 5.91 Å². The third kappa shape index (κ3) is 1.98. The summed E-state index contributed by atoms with van der Waals surface area (Å²) in [7, 11) is 0. The molecule has 68 valence electrons. The van der Waals surface area contributed by atoms with E-state index < -0.39 is 0 Å². The quantitative estimate of drug-likeness (QED) is 0.715. The summed E-state index contributed by atoms with van der Waals surface area (Å²) in [6.45, 7) is 1.62. The molecule has 0 spiro atoms. The average Bonchev–Trinajstić information content (AvgIpc) is 2.72. The predicted molar refractivity (Wildman–Crippen MR) is 53.7 cm³/mol. The molecule has 1 aliphatic heterocycles. The first-order valence-corrected chi connectivity index (χ1v) is 5.22. The van der Waals surface area contributed by atoms with Gasteiger partial charge in [-0.05, 0) is 17.9 Å². The van der Waals surface area contributed by atoms with Gasteiger partial charge in [-0.3, -0.25) is 4.79 Å². The van der Waals surface area contributed by atoms with E-state index in [1.807, 2.05) is 17.0 Å². The summed E-state index contributed by atoms with van der Waals surface area (Å²) in [5.41, 5.74) is 0. The van der Waals surface area contributed by atoms with Crippen molar-refractivity contribution >= 4 is 17.2 Å². The van der Waals surface area contributed by atoms with Gasteiger partial charge in [-0.25, -0.2) is 0 Å². The third-order valence-corrected chi connectivity index (χ3v) is 3.04. The topological polar surface area (TPSA) is 20.3 Å². The second kappa shape index (κ2) is 3.75. The molecule has 1 aromatic heterocycles. The molecule has 2 nitrogen and oxygen atoms in total. The molecule has 0 saturated heterocycles. The van der Waals surface area contributed by atoms with Crippen LogP contribution in [0.2, 0.25) is 0 Å². The summed E-state index contributed by atoms with van der Waals surface area (Å²) in [4.78, 5) is 14.4. The number of hydrogen-bond acceptors (Lipinski definition) is 2. The summed E-state index contributed by atoms with van der Waals surface area (Å²) >= 11 is 1.75. The SMILES string of the molecule is O=C1C=CCN1CCc1cccs1. The molecular weight excluding hydrogens is 182 g/mol. The van der Waals surface area contributed by atoms with E-state index in [0.29, 0.717) is 0 Å². The second-order valence-electron chi connectivity index (χ2n) is 3.02. The monoisotopic (exact) mass is 193 g/mol. The van der Waals surface area contributed by atoms with Crippen molar-refractivity contribution in [1.82, 2.24) is 4.90 Å². The number of amides is 1. The first-order valence-electron chi connectivity index (χ1n) is 4.34. The lowest BCUT2D eigenvalue weighted by Crippen LogP contribution is -2.27. The molecule has 0 atom stereocenters. The van der Waals surface area contributed by atoms with Gasteiger partial charge >= 0.3 is 0 Å². The highest BCUT2D eigenvalue weighted by atomic mass is 32.1. The Kier molecular flexibility index (Phi) is 2.45. The summed E-state index contributed by atoms with van der Waals surface area (Å²) in [6, 6.07) is 4.16. The van der Waals surface area contributed by atoms with Crippen molar-refractivity contribution in [2.45, 2.75) is 6.42 Å². The Balaban J connectivity index is 1.84. The zero-order chi connectivity index (χ0) is 9.10. The Morgan fingerprint density at radius 3 is 3.08 bits per heavy atom. The molecule has 0 saturated carbocycles. The molecule has 3 heteroatoms. The van der Waals surface area contributed by atoms with E-state index in [-0.39, 0.29) is 5.91 Å². The molecule has 0 fully saturated rings. The van der Waals surface area contributed by atoms with E-state index in [2.05, 4.69) is 11.4 Å². The summed E-state index contributed by atoms with van der Waals surface area (Å²) in [5, 5.41) is 2.07. The predicted octanol–water partition coefficient (Wildman–Crippen LogP) is 1.69. The molecule has 1 amide bonds. The lowest BCUT2D eigenvalue weighted by Gasteiger charge is -2.14. The standard InChI is InChI=1S/C10H11NOS/c12-10-4-1-6-11(10)7-5-9-3-2-8-13-9/h1-4,8H,5-7H2. The zero-order valence-electron chi connectivity index (χ0n) is 7.27. The molecule has 0 N–H and O–H groups in total. The molecule has 1 aromatic rings. The van der Waals surface area contributed by atoms with E-state index >= 15 is 0 Å². The number of thiophene rings is 1. The Morgan fingerprint density at radius 2 is 2.46 bits per heavy atom. The fourth-order valence-electron chi connectivity index (χ4n) is 1.38. The number of hydrogen-bond donors (Lipinski definition) is 0. The smallest absolute Gasteiger partial charge is 0.246 e. The minimum Gasteiger partial charge on any atom is -0.335 e. The summed E-state index contributed by atoms with van der Waals surface area (Å²) in [5.74, 6) is 0.150. The van der Waals surface area contributed by atoms with Crippen LogP contribution in [-0.2, 0) is 11.2 Å². The van der Waals surface area contributed by atoms with Gasteiger partial charge < -0.3 is 4.90 Å². The minimum absolute atomic E-state index is 0.150. The van der Waals surface area contributed by atoms with Crippen molar-refractivity contribution in [2.24, 2.45) is 0 Å². The van der Waals surface area contributed by atoms with Crippen molar-refractivity contribution in [2.75, 3.05) is 13.1 Å². The maximum atomic E-state index is 11.2. The molecule has 0 radical (unpaired) electrons. The van der Waals surface area contributed by atoms with Crippen LogP contribution in [0.15, 0.2) is 29.7 Å². The maximum Gasteiger partial charge on any atom is 0.246 e. The Bertz CT molecular complexity index is 316. The summed E-state index contributed by atoms with van der Waals surface area (Å²) in [6.07, 6.45) is 4.54. The van der Waals surface area contributed by atoms with Crippen LogP contribution in [0.1, 0.15) is 4.88 Å². The van der Waals surface area contributed by atoms with Gasteiger partial charge in [-0.15, -0.1) is 11.3 Å². The maximum absolute atomic E-state index is 11.2. The molecule has 0 bridgehead atoms. The van der Waals surface area contributed by atoms with Gasteiger partial charge in [0, 0.05) is 24.0 Å². The lowest BCUT2D eigenvalue weighted by molar-refractivity contribution is -0.124. The zero-order valence-corrected chi connectivity index (χ0v) is 8.09. The molecular formula is C10H11NOS. The molecule has 0 aliphatic carbocycles. The number of carbonyl (C=O) groups is 1.